The molecule has 27 heavy (non-hydrogen) atoms. The van der Waals surface area contributed by atoms with E-state index in [2.05, 4.69) is 40.4 Å². The summed E-state index contributed by atoms with van der Waals surface area (Å²) in [5.74, 6) is 0.960. The first-order valence-electron chi connectivity index (χ1n) is 8.94. The molecular formula is C23H21N3O. The maximum absolute atomic E-state index is 11.0. The highest BCUT2D eigenvalue weighted by molar-refractivity contribution is 5.86. The summed E-state index contributed by atoms with van der Waals surface area (Å²) in [6, 6.07) is 19.7. The van der Waals surface area contributed by atoms with E-state index >= 15 is 0 Å². The summed E-state index contributed by atoms with van der Waals surface area (Å²) in [4.78, 5) is 8.80. The van der Waals surface area contributed by atoms with Crippen molar-refractivity contribution in [1.29, 1.82) is 0 Å². The Balaban J connectivity index is 1.86. The van der Waals surface area contributed by atoms with E-state index in [1.165, 1.54) is 0 Å². The molecule has 1 unspecified atom stereocenters. The minimum absolute atomic E-state index is 0.194. The van der Waals surface area contributed by atoms with Crippen molar-refractivity contribution in [3.63, 3.8) is 0 Å². The number of phenols is 1. The van der Waals surface area contributed by atoms with Gasteiger partial charge in [0.05, 0.1) is 6.04 Å². The van der Waals surface area contributed by atoms with Crippen LogP contribution < -0.4 is 5.32 Å². The van der Waals surface area contributed by atoms with Crippen molar-refractivity contribution in [3.05, 3.63) is 95.3 Å². The van der Waals surface area contributed by atoms with Gasteiger partial charge < -0.3 is 10.4 Å². The summed E-state index contributed by atoms with van der Waals surface area (Å²) < 4.78 is 0. The molecule has 4 nitrogen and oxygen atoms in total. The van der Waals surface area contributed by atoms with Crippen LogP contribution in [0.5, 0.6) is 5.75 Å². The number of phenolic OH excluding ortho intramolecular Hbond substituents is 1. The lowest BCUT2D eigenvalue weighted by molar-refractivity contribution is 0.471. The van der Waals surface area contributed by atoms with Crippen LogP contribution in [0.4, 0.5) is 5.82 Å². The van der Waals surface area contributed by atoms with Gasteiger partial charge >= 0.3 is 0 Å². The fourth-order valence-corrected chi connectivity index (χ4v) is 3.33. The van der Waals surface area contributed by atoms with E-state index in [-0.39, 0.29) is 11.8 Å². The van der Waals surface area contributed by atoms with Crippen molar-refractivity contribution in [2.45, 2.75) is 19.9 Å². The molecule has 4 aromatic rings. The quantitative estimate of drug-likeness (QED) is 0.531. The van der Waals surface area contributed by atoms with Crippen molar-refractivity contribution in [2.75, 3.05) is 5.32 Å². The zero-order valence-electron chi connectivity index (χ0n) is 15.3. The van der Waals surface area contributed by atoms with Gasteiger partial charge in [0.1, 0.15) is 17.1 Å². The molecule has 0 fully saturated rings. The van der Waals surface area contributed by atoms with E-state index in [0.29, 0.717) is 5.52 Å². The fourth-order valence-electron chi connectivity index (χ4n) is 3.33. The maximum Gasteiger partial charge on any atom is 0.147 e. The predicted octanol–water partition coefficient (Wildman–Crippen LogP) is 5.15. The Labute approximate surface area is 158 Å². The third-order valence-corrected chi connectivity index (χ3v) is 4.67. The Kier molecular flexibility index (Phi) is 4.47. The molecule has 4 heteroatoms. The first kappa shape index (κ1) is 17.0. The number of benzene rings is 2. The second-order valence-corrected chi connectivity index (χ2v) is 6.79. The number of anilines is 1. The first-order valence-corrected chi connectivity index (χ1v) is 8.94. The number of hydrogen-bond donors (Lipinski definition) is 2. The number of aromatic nitrogens is 2. The molecule has 134 valence electrons. The summed E-state index contributed by atoms with van der Waals surface area (Å²) in [6.07, 6.45) is 3.48. The normalized spacial score (nSPS) is 12.1. The van der Waals surface area contributed by atoms with Gasteiger partial charge in [-0.15, -0.1) is 0 Å². The van der Waals surface area contributed by atoms with Crippen molar-refractivity contribution in [1.82, 2.24) is 9.97 Å². The van der Waals surface area contributed by atoms with Crippen LogP contribution in [0.2, 0.25) is 0 Å². The summed E-state index contributed by atoms with van der Waals surface area (Å²) in [5, 5.41) is 15.4. The van der Waals surface area contributed by atoms with Crippen LogP contribution in [0.15, 0.2) is 73.1 Å². The molecule has 0 aliphatic heterocycles. The topological polar surface area (TPSA) is 58.0 Å². The number of fused-ring (bicyclic) bond motifs is 1. The molecule has 0 saturated heterocycles. The molecule has 4 rings (SSSR count). The lowest BCUT2D eigenvalue weighted by Gasteiger charge is -2.22. The Morgan fingerprint density at radius 2 is 1.70 bits per heavy atom. The van der Waals surface area contributed by atoms with Gasteiger partial charge in [-0.2, -0.15) is 0 Å². The largest absolute Gasteiger partial charge is 0.505 e. The summed E-state index contributed by atoms with van der Waals surface area (Å²) in [7, 11) is 0. The van der Waals surface area contributed by atoms with Crippen LogP contribution in [0, 0.1) is 13.8 Å². The smallest absolute Gasteiger partial charge is 0.147 e. The number of pyridine rings is 2. The lowest BCUT2D eigenvalue weighted by Crippen LogP contribution is -2.14. The van der Waals surface area contributed by atoms with E-state index in [1.54, 1.807) is 12.4 Å². The number of nitrogens with zero attached hydrogens (tertiary/aromatic N) is 2. The predicted molar refractivity (Wildman–Crippen MR) is 109 cm³/mol. The summed E-state index contributed by atoms with van der Waals surface area (Å²) in [5.41, 5.74) is 4.72. The van der Waals surface area contributed by atoms with Gasteiger partial charge in [0, 0.05) is 23.3 Å². The molecule has 1 atom stereocenters. The van der Waals surface area contributed by atoms with Crippen LogP contribution >= 0.6 is 0 Å². The zero-order valence-corrected chi connectivity index (χ0v) is 15.3. The third kappa shape index (κ3) is 3.47. The van der Waals surface area contributed by atoms with Crippen molar-refractivity contribution in [2.24, 2.45) is 0 Å². The molecule has 2 aromatic heterocycles. The van der Waals surface area contributed by atoms with Crippen LogP contribution in [-0.2, 0) is 0 Å². The third-order valence-electron chi connectivity index (χ3n) is 4.67. The van der Waals surface area contributed by atoms with E-state index < -0.39 is 0 Å². The molecule has 0 spiro atoms. The average Bonchev–Trinajstić information content (AvgIpc) is 2.67. The molecule has 2 N–H and O–H groups in total. The van der Waals surface area contributed by atoms with Crippen LogP contribution in [-0.4, -0.2) is 15.1 Å². The number of nitrogens with one attached hydrogen (secondary N) is 1. The molecule has 0 aliphatic rings. The van der Waals surface area contributed by atoms with Crippen LogP contribution in [0.25, 0.3) is 10.9 Å². The van der Waals surface area contributed by atoms with E-state index in [1.807, 2.05) is 49.4 Å². The van der Waals surface area contributed by atoms with Crippen molar-refractivity contribution < 1.29 is 5.11 Å². The van der Waals surface area contributed by atoms with Gasteiger partial charge in [-0.25, -0.2) is 4.98 Å². The first-order chi connectivity index (χ1) is 13.1. The molecule has 0 saturated carbocycles. The average molecular weight is 355 g/mol. The van der Waals surface area contributed by atoms with Gasteiger partial charge in [-0.1, -0.05) is 48.0 Å². The van der Waals surface area contributed by atoms with E-state index in [0.717, 1.165) is 33.5 Å². The van der Waals surface area contributed by atoms with Gasteiger partial charge in [0.2, 0.25) is 0 Å². The van der Waals surface area contributed by atoms with E-state index in [4.69, 9.17) is 0 Å². The number of aryl methyl sites for hydroxylation is 2. The molecule has 0 radical (unpaired) electrons. The van der Waals surface area contributed by atoms with Crippen LogP contribution in [0.1, 0.15) is 28.3 Å². The number of aromatic hydroxyl groups is 1. The Bertz CT molecular complexity index is 1110. The highest BCUT2D eigenvalue weighted by atomic mass is 16.3. The summed E-state index contributed by atoms with van der Waals surface area (Å²) >= 11 is 0. The molecule has 2 aromatic carbocycles. The zero-order chi connectivity index (χ0) is 18.8. The van der Waals surface area contributed by atoms with Gasteiger partial charge in [0.15, 0.2) is 0 Å². The van der Waals surface area contributed by atoms with Gasteiger partial charge in [0.25, 0.3) is 0 Å². The second kappa shape index (κ2) is 7.08. The molecule has 0 amide bonds. The monoisotopic (exact) mass is 355 g/mol. The molecular weight excluding hydrogens is 334 g/mol. The Morgan fingerprint density at radius 3 is 2.52 bits per heavy atom. The van der Waals surface area contributed by atoms with Crippen molar-refractivity contribution in [3.8, 4) is 5.75 Å². The fraction of sp³-hybridized carbons (Fsp3) is 0.130. The molecule has 0 aliphatic carbocycles. The highest BCUT2D eigenvalue weighted by Gasteiger charge is 2.20. The SMILES string of the molecule is Cc1cccc(C(Nc2cc(C)ccn2)c2ccc3cccnc3c2O)c1. The Morgan fingerprint density at radius 1 is 0.852 bits per heavy atom. The van der Waals surface area contributed by atoms with E-state index in [9.17, 15) is 5.11 Å². The minimum Gasteiger partial charge on any atom is -0.505 e. The lowest BCUT2D eigenvalue weighted by atomic mass is 9.95. The maximum atomic E-state index is 11.0. The summed E-state index contributed by atoms with van der Waals surface area (Å²) in [6.45, 7) is 4.10. The molecule has 0 bridgehead atoms. The standard InChI is InChI=1S/C23H21N3O/c1-15-5-3-6-18(13-15)21(26-20-14-16(2)10-12-24-20)19-9-8-17-7-4-11-25-22(17)23(19)27/h3-14,21,27H,1-2H3,(H,24,26). The Hall–Kier alpha value is -3.40. The molecule has 2 heterocycles. The van der Waals surface area contributed by atoms with Crippen molar-refractivity contribution >= 4 is 16.7 Å². The second-order valence-electron chi connectivity index (χ2n) is 6.79. The van der Waals surface area contributed by atoms with Crippen LogP contribution in [0.3, 0.4) is 0 Å². The minimum atomic E-state index is -0.245. The number of rotatable bonds is 4. The number of hydrogen-bond acceptors (Lipinski definition) is 4. The van der Waals surface area contributed by atoms with Gasteiger partial charge in [-0.05, 0) is 43.2 Å². The highest BCUT2D eigenvalue weighted by Crippen LogP contribution is 2.36. The van der Waals surface area contributed by atoms with Gasteiger partial charge in [-0.3, -0.25) is 4.98 Å².